The number of nitro groups is 1. The van der Waals surface area contributed by atoms with Crippen LogP contribution in [0.15, 0.2) is 30.3 Å². The maximum atomic E-state index is 11.0. The molecule has 3 rings (SSSR count). The van der Waals surface area contributed by atoms with Crippen molar-refractivity contribution in [2.75, 3.05) is 32.7 Å². The summed E-state index contributed by atoms with van der Waals surface area (Å²) in [6.45, 7) is 5.46. The molecule has 2 heterocycles. The molecule has 118 valence electrons. The Morgan fingerprint density at radius 2 is 2.05 bits per heavy atom. The predicted octanol–water partition coefficient (Wildman–Crippen LogP) is 2.68. The number of para-hydroxylation sites is 1. The Kier molecular flexibility index (Phi) is 4.55. The normalized spacial score (nSPS) is 21.6. The van der Waals surface area contributed by atoms with Crippen LogP contribution in [0, 0.1) is 15.5 Å². The Morgan fingerprint density at radius 3 is 2.82 bits per heavy atom. The number of rotatable bonds is 4. The number of piperidine rings is 1. The van der Waals surface area contributed by atoms with Gasteiger partial charge in [-0.15, -0.1) is 0 Å². The van der Waals surface area contributed by atoms with E-state index in [0.717, 1.165) is 32.7 Å². The van der Waals surface area contributed by atoms with E-state index in [4.69, 9.17) is 0 Å². The largest absolute Gasteiger partial charge is 0.317 e. The third-order valence-corrected chi connectivity index (χ3v) is 4.98. The lowest BCUT2D eigenvalue weighted by Gasteiger charge is -2.33. The molecule has 0 amide bonds. The number of benzene rings is 1. The van der Waals surface area contributed by atoms with Crippen molar-refractivity contribution in [1.29, 1.82) is 0 Å². The fraction of sp³-hybridized carbons (Fsp3) is 0.529. The van der Waals surface area contributed by atoms with E-state index < -0.39 is 0 Å². The first-order valence-corrected chi connectivity index (χ1v) is 8.02. The average molecular weight is 301 g/mol. The van der Waals surface area contributed by atoms with E-state index in [-0.39, 0.29) is 10.6 Å². The standard InChI is InChI=1S/C17H23N3O2/c21-20(22)16-6-2-1-4-15(16)5-3-12-19-13-9-17(14-19)7-10-18-11-8-17/h1-6,18H,7-14H2/b5-3+. The van der Waals surface area contributed by atoms with Gasteiger partial charge in [-0.25, -0.2) is 0 Å². The molecule has 1 N–H and O–H groups in total. The molecule has 2 fully saturated rings. The van der Waals surface area contributed by atoms with E-state index in [9.17, 15) is 10.1 Å². The minimum Gasteiger partial charge on any atom is -0.317 e. The second-order valence-electron chi connectivity index (χ2n) is 6.45. The van der Waals surface area contributed by atoms with Crippen LogP contribution in [-0.4, -0.2) is 42.5 Å². The SMILES string of the molecule is O=[N+]([O-])c1ccccc1/C=C/CN1CCC2(CCNCC2)C1. The molecule has 0 saturated carbocycles. The van der Waals surface area contributed by atoms with Gasteiger partial charge in [0, 0.05) is 19.2 Å². The fourth-order valence-electron chi connectivity index (χ4n) is 3.67. The lowest BCUT2D eigenvalue weighted by Crippen LogP contribution is -2.38. The number of hydrogen-bond donors (Lipinski definition) is 1. The summed E-state index contributed by atoms with van der Waals surface area (Å²) in [5.74, 6) is 0. The van der Waals surface area contributed by atoms with Gasteiger partial charge in [-0.2, -0.15) is 0 Å². The lowest BCUT2D eigenvalue weighted by atomic mass is 9.78. The molecule has 2 saturated heterocycles. The van der Waals surface area contributed by atoms with Crippen LogP contribution < -0.4 is 5.32 Å². The molecular formula is C17H23N3O2. The minimum atomic E-state index is -0.320. The summed E-state index contributed by atoms with van der Waals surface area (Å²) in [6.07, 6.45) is 7.77. The summed E-state index contributed by atoms with van der Waals surface area (Å²) < 4.78 is 0. The van der Waals surface area contributed by atoms with Crippen LogP contribution in [0.5, 0.6) is 0 Å². The van der Waals surface area contributed by atoms with Gasteiger partial charge in [-0.1, -0.05) is 24.3 Å². The molecule has 2 aliphatic heterocycles. The van der Waals surface area contributed by atoms with Gasteiger partial charge in [-0.3, -0.25) is 15.0 Å². The van der Waals surface area contributed by atoms with E-state index in [1.165, 1.54) is 19.3 Å². The van der Waals surface area contributed by atoms with Crippen LogP contribution in [0.1, 0.15) is 24.8 Å². The van der Waals surface area contributed by atoms with Gasteiger partial charge in [0.2, 0.25) is 0 Å². The Bertz CT molecular complexity index is 565. The summed E-state index contributed by atoms with van der Waals surface area (Å²) in [6, 6.07) is 6.90. The highest BCUT2D eigenvalue weighted by molar-refractivity contribution is 5.60. The van der Waals surface area contributed by atoms with Gasteiger partial charge in [0.15, 0.2) is 0 Å². The van der Waals surface area contributed by atoms with Crippen molar-refractivity contribution in [3.8, 4) is 0 Å². The van der Waals surface area contributed by atoms with Gasteiger partial charge in [0.1, 0.15) is 0 Å². The number of likely N-dealkylation sites (tertiary alicyclic amines) is 1. The quantitative estimate of drug-likeness (QED) is 0.686. The first-order valence-electron chi connectivity index (χ1n) is 8.02. The van der Waals surface area contributed by atoms with E-state index in [0.29, 0.717) is 11.0 Å². The molecule has 0 atom stereocenters. The lowest BCUT2D eigenvalue weighted by molar-refractivity contribution is -0.385. The molecule has 0 aromatic heterocycles. The Hall–Kier alpha value is -1.72. The van der Waals surface area contributed by atoms with Gasteiger partial charge in [0.05, 0.1) is 10.5 Å². The maximum Gasteiger partial charge on any atom is 0.276 e. The van der Waals surface area contributed by atoms with E-state index in [1.54, 1.807) is 18.2 Å². The molecule has 1 spiro atoms. The Balaban J connectivity index is 1.58. The number of nitro benzene ring substituents is 1. The molecule has 0 unspecified atom stereocenters. The highest BCUT2D eigenvalue weighted by Gasteiger charge is 2.38. The zero-order valence-corrected chi connectivity index (χ0v) is 12.8. The van der Waals surface area contributed by atoms with Crippen molar-refractivity contribution in [1.82, 2.24) is 10.2 Å². The highest BCUT2D eigenvalue weighted by Crippen LogP contribution is 2.38. The van der Waals surface area contributed by atoms with Crippen molar-refractivity contribution in [2.45, 2.75) is 19.3 Å². The second-order valence-corrected chi connectivity index (χ2v) is 6.45. The summed E-state index contributed by atoms with van der Waals surface area (Å²) >= 11 is 0. The van der Waals surface area contributed by atoms with Crippen molar-refractivity contribution in [3.63, 3.8) is 0 Å². The molecule has 0 aliphatic carbocycles. The van der Waals surface area contributed by atoms with E-state index in [2.05, 4.69) is 16.3 Å². The highest BCUT2D eigenvalue weighted by atomic mass is 16.6. The van der Waals surface area contributed by atoms with E-state index >= 15 is 0 Å². The number of hydrogen-bond acceptors (Lipinski definition) is 4. The van der Waals surface area contributed by atoms with Crippen molar-refractivity contribution >= 4 is 11.8 Å². The van der Waals surface area contributed by atoms with Crippen LogP contribution in [0.2, 0.25) is 0 Å². The van der Waals surface area contributed by atoms with Crippen molar-refractivity contribution < 1.29 is 4.92 Å². The number of nitrogens with one attached hydrogen (secondary N) is 1. The van der Waals surface area contributed by atoms with Crippen molar-refractivity contribution in [3.05, 3.63) is 46.0 Å². The summed E-state index contributed by atoms with van der Waals surface area (Å²) in [5.41, 5.74) is 1.37. The van der Waals surface area contributed by atoms with Gasteiger partial charge in [-0.05, 0) is 50.4 Å². The molecule has 0 radical (unpaired) electrons. The van der Waals surface area contributed by atoms with Gasteiger partial charge >= 0.3 is 0 Å². The zero-order chi connectivity index (χ0) is 15.4. The smallest absolute Gasteiger partial charge is 0.276 e. The average Bonchev–Trinajstić information content (AvgIpc) is 2.91. The Labute approximate surface area is 131 Å². The topological polar surface area (TPSA) is 58.4 Å². The third-order valence-electron chi connectivity index (χ3n) is 4.98. The van der Waals surface area contributed by atoms with Gasteiger partial charge in [0.25, 0.3) is 5.69 Å². The van der Waals surface area contributed by atoms with Gasteiger partial charge < -0.3 is 5.32 Å². The summed E-state index contributed by atoms with van der Waals surface area (Å²) in [4.78, 5) is 13.1. The first kappa shape index (κ1) is 15.2. The summed E-state index contributed by atoms with van der Waals surface area (Å²) in [5, 5.41) is 14.4. The molecule has 1 aromatic carbocycles. The third kappa shape index (κ3) is 3.36. The summed E-state index contributed by atoms with van der Waals surface area (Å²) in [7, 11) is 0. The monoisotopic (exact) mass is 301 g/mol. The van der Waals surface area contributed by atoms with Crippen LogP contribution in [0.3, 0.4) is 0 Å². The number of nitrogens with zero attached hydrogens (tertiary/aromatic N) is 2. The molecule has 22 heavy (non-hydrogen) atoms. The first-order chi connectivity index (χ1) is 10.7. The molecule has 5 nitrogen and oxygen atoms in total. The minimum absolute atomic E-state index is 0.176. The van der Waals surface area contributed by atoms with Crippen molar-refractivity contribution in [2.24, 2.45) is 5.41 Å². The maximum absolute atomic E-state index is 11.0. The molecular weight excluding hydrogens is 278 g/mol. The van der Waals surface area contributed by atoms with Crippen LogP contribution in [0.25, 0.3) is 6.08 Å². The molecule has 2 aliphatic rings. The van der Waals surface area contributed by atoms with Crippen LogP contribution in [-0.2, 0) is 0 Å². The molecule has 0 bridgehead atoms. The molecule has 5 heteroatoms. The fourth-order valence-corrected chi connectivity index (χ4v) is 3.67. The Morgan fingerprint density at radius 1 is 1.27 bits per heavy atom. The van der Waals surface area contributed by atoms with Crippen LogP contribution in [0.4, 0.5) is 5.69 Å². The van der Waals surface area contributed by atoms with E-state index in [1.807, 2.05) is 12.1 Å². The zero-order valence-electron chi connectivity index (χ0n) is 12.8. The van der Waals surface area contributed by atoms with Crippen LogP contribution >= 0.6 is 0 Å². The molecule has 1 aromatic rings. The second kappa shape index (κ2) is 6.58. The predicted molar refractivity (Wildman–Crippen MR) is 87.7 cm³/mol.